The van der Waals surface area contributed by atoms with Gasteiger partial charge in [-0.1, -0.05) is 18.5 Å². The van der Waals surface area contributed by atoms with Crippen molar-refractivity contribution >= 4 is 34.4 Å². The fourth-order valence-corrected chi connectivity index (χ4v) is 4.30. The Morgan fingerprint density at radius 2 is 1.83 bits per heavy atom. The molecule has 0 N–H and O–H groups in total. The van der Waals surface area contributed by atoms with Crippen molar-refractivity contribution in [1.29, 1.82) is 0 Å². The third kappa shape index (κ3) is 3.89. The van der Waals surface area contributed by atoms with Crippen LogP contribution in [0.1, 0.15) is 33.6 Å². The van der Waals surface area contributed by atoms with Crippen LogP contribution in [0, 0.1) is 5.92 Å². The molecule has 1 spiro atoms. The molecular formula is C21H22ClNO6. The zero-order chi connectivity index (χ0) is 20.8. The molecule has 2 aromatic rings. The molecule has 0 amide bonds. The number of nitrogens with zero attached hydrogens (tertiary/aromatic N) is 1. The molecule has 8 heteroatoms. The van der Waals surface area contributed by atoms with Crippen LogP contribution in [-0.2, 0) is 23.8 Å². The van der Waals surface area contributed by atoms with Gasteiger partial charge in [0.15, 0.2) is 6.10 Å². The lowest BCUT2D eigenvalue weighted by Gasteiger charge is -2.46. The van der Waals surface area contributed by atoms with E-state index in [1.165, 1.54) is 13.8 Å². The first-order valence-electron chi connectivity index (χ1n) is 9.51. The van der Waals surface area contributed by atoms with Crippen molar-refractivity contribution in [3.8, 4) is 5.75 Å². The Balaban J connectivity index is 1.45. The molecule has 4 rings (SSSR count). The number of hydrogen-bond acceptors (Lipinski definition) is 7. The van der Waals surface area contributed by atoms with Gasteiger partial charge >= 0.3 is 11.9 Å². The third-order valence-corrected chi connectivity index (χ3v) is 5.82. The minimum atomic E-state index is -0.903. The summed E-state index contributed by atoms with van der Waals surface area (Å²) in [5.41, 5.74) is 0.211. The van der Waals surface area contributed by atoms with E-state index in [1.54, 1.807) is 6.07 Å². The molecular weight excluding hydrogens is 398 g/mol. The molecule has 1 aromatic carbocycles. The number of esters is 2. The lowest BCUT2D eigenvalue weighted by atomic mass is 9.69. The van der Waals surface area contributed by atoms with Crippen molar-refractivity contribution in [3.63, 3.8) is 0 Å². The lowest BCUT2D eigenvalue weighted by Crippen LogP contribution is -2.54. The summed E-state index contributed by atoms with van der Waals surface area (Å²) in [4.78, 5) is 27.2. The number of halogens is 1. The molecule has 2 unspecified atom stereocenters. The number of rotatable bonds is 4. The Hall–Kier alpha value is -2.38. The topological polar surface area (TPSA) is 84.0 Å². The first-order valence-corrected chi connectivity index (χ1v) is 9.89. The molecule has 29 heavy (non-hydrogen) atoms. The van der Waals surface area contributed by atoms with E-state index in [0.29, 0.717) is 23.7 Å². The van der Waals surface area contributed by atoms with Crippen molar-refractivity contribution < 1.29 is 28.5 Å². The molecule has 3 atom stereocenters. The van der Waals surface area contributed by atoms with Crippen LogP contribution in [0.4, 0.5) is 0 Å². The average Bonchev–Trinajstić information content (AvgIpc) is 2.86. The maximum atomic E-state index is 11.5. The largest absolute Gasteiger partial charge is 0.490 e. The summed E-state index contributed by atoms with van der Waals surface area (Å²) in [6, 6.07) is 9.34. The standard InChI is InChI=1S/C21H22ClNO6/c1-11-19(26-12(2)24)20(27-13(3)25)29-21(11)9-16(10-21)28-15-6-4-14-5-7-18(22)23-17(14)8-15/h4-8,11,16,19-20H,9-10H2,1-3H3/t11-,16?,19?,20?,21?/m0/s1. The number of ether oxygens (including phenoxy) is 4. The van der Waals surface area contributed by atoms with Gasteiger partial charge in [0.1, 0.15) is 17.0 Å². The van der Waals surface area contributed by atoms with Gasteiger partial charge in [-0.15, -0.1) is 0 Å². The van der Waals surface area contributed by atoms with E-state index >= 15 is 0 Å². The maximum Gasteiger partial charge on any atom is 0.305 e. The minimum Gasteiger partial charge on any atom is -0.490 e. The van der Waals surface area contributed by atoms with Gasteiger partial charge in [0.05, 0.1) is 11.1 Å². The number of benzene rings is 1. The van der Waals surface area contributed by atoms with Crippen LogP contribution in [0.15, 0.2) is 30.3 Å². The van der Waals surface area contributed by atoms with Gasteiger partial charge in [-0.25, -0.2) is 4.98 Å². The summed E-state index contributed by atoms with van der Waals surface area (Å²) in [5, 5.41) is 1.41. The van der Waals surface area contributed by atoms with Crippen LogP contribution in [0.25, 0.3) is 10.9 Å². The van der Waals surface area contributed by atoms with E-state index < -0.39 is 29.9 Å². The molecule has 1 saturated heterocycles. The smallest absolute Gasteiger partial charge is 0.305 e. The van der Waals surface area contributed by atoms with Crippen molar-refractivity contribution in [1.82, 2.24) is 4.98 Å². The second-order valence-corrected chi connectivity index (χ2v) is 8.05. The first kappa shape index (κ1) is 19.9. The lowest BCUT2D eigenvalue weighted by molar-refractivity contribution is -0.224. The third-order valence-electron chi connectivity index (χ3n) is 5.60. The van der Waals surface area contributed by atoms with Gasteiger partial charge < -0.3 is 18.9 Å². The Morgan fingerprint density at radius 1 is 1.14 bits per heavy atom. The van der Waals surface area contributed by atoms with Gasteiger partial charge in [-0.3, -0.25) is 9.59 Å². The summed E-state index contributed by atoms with van der Waals surface area (Å²) in [5.74, 6) is -0.349. The predicted molar refractivity (Wildman–Crippen MR) is 104 cm³/mol. The number of hydrogen-bond donors (Lipinski definition) is 0. The Bertz CT molecular complexity index is 957. The second-order valence-electron chi connectivity index (χ2n) is 7.66. The highest BCUT2D eigenvalue weighted by atomic mass is 35.5. The Morgan fingerprint density at radius 3 is 2.52 bits per heavy atom. The molecule has 7 nitrogen and oxygen atoms in total. The average molecular weight is 420 g/mol. The van der Waals surface area contributed by atoms with Crippen LogP contribution in [0.3, 0.4) is 0 Å². The number of carbonyl (C=O) groups excluding carboxylic acids is 2. The fourth-order valence-electron chi connectivity index (χ4n) is 4.14. The zero-order valence-electron chi connectivity index (χ0n) is 16.4. The fraction of sp³-hybridized carbons (Fsp3) is 0.476. The quantitative estimate of drug-likeness (QED) is 0.552. The van der Waals surface area contributed by atoms with E-state index in [0.717, 1.165) is 10.9 Å². The first-order chi connectivity index (χ1) is 13.8. The van der Waals surface area contributed by atoms with Crippen LogP contribution in [0.5, 0.6) is 5.75 Å². The molecule has 2 fully saturated rings. The number of aromatic nitrogens is 1. The number of carbonyl (C=O) groups is 2. The van der Waals surface area contributed by atoms with Gasteiger partial charge in [0.25, 0.3) is 0 Å². The van der Waals surface area contributed by atoms with Gasteiger partial charge in [0, 0.05) is 44.1 Å². The van der Waals surface area contributed by atoms with E-state index in [9.17, 15) is 9.59 Å². The summed E-state index contributed by atoms with van der Waals surface area (Å²) < 4.78 is 22.8. The minimum absolute atomic E-state index is 0.0665. The highest BCUT2D eigenvalue weighted by molar-refractivity contribution is 6.29. The molecule has 1 aliphatic heterocycles. The van der Waals surface area contributed by atoms with Crippen LogP contribution in [-0.4, -0.2) is 41.0 Å². The normalized spacial score (nSPS) is 30.8. The molecule has 0 radical (unpaired) electrons. The predicted octanol–water partition coefficient (Wildman–Crippen LogP) is 3.66. The maximum absolute atomic E-state index is 11.5. The summed E-state index contributed by atoms with van der Waals surface area (Å²) in [6.07, 6.45) is -0.401. The van der Waals surface area contributed by atoms with E-state index in [1.807, 2.05) is 31.2 Å². The summed E-state index contributed by atoms with van der Waals surface area (Å²) in [7, 11) is 0. The SMILES string of the molecule is CC(=O)OC1OC2(CC(Oc3ccc4ccc(Cl)nc4c3)C2)[C@@H](C)C1OC(C)=O. The van der Waals surface area contributed by atoms with E-state index in [-0.39, 0.29) is 12.0 Å². The summed E-state index contributed by atoms with van der Waals surface area (Å²) in [6.45, 7) is 4.57. The highest BCUT2D eigenvalue weighted by Gasteiger charge is 2.62. The Kier molecular flexibility index (Phi) is 5.12. The van der Waals surface area contributed by atoms with Crippen molar-refractivity contribution in [2.24, 2.45) is 5.92 Å². The number of pyridine rings is 1. The molecule has 1 aromatic heterocycles. The van der Waals surface area contributed by atoms with Gasteiger partial charge in [0.2, 0.25) is 6.29 Å². The zero-order valence-corrected chi connectivity index (χ0v) is 17.1. The van der Waals surface area contributed by atoms with E-state index in [4.69, 9.17) is 30.5 Å². The van der Waals surface area contributed by atoms with Crippen molar-refractivity contribution in [2.75, 3.05) is 0 Å². The second kappa shape index (κ2) is 7.46. The monoisotopic (exact) mass is 419 g/mol. The molecule has 1 saturated carbocycles. The highest BCUT2D eigenvalue weighted by Crippen LogP contribution is 2.51. The van der Waals surface area contributed by atoms with Gasteiger partial charge in [-0.05, 0) is 24.3 Å². The van der Waals surface area contributed by atoms with Crippen LogP contribution >= 0.6 is 11.6 Å². The molecule has 154 valence electrons. The molecule has 2 heterocycles. The molecule has 1 aliphatic carbocycles. The van der Waals surface area contributed by atoms with Crippen molar-refractivity contribution in [3.05, 3.63) is 35.5 Å². The summed E-state index contributed by atoms with van der Waals surface area (Å²) >= 11 is 5.97. The Labute approximate surface area is 173 Å². The molecule has 2 aliphatic rings. The van der Waals surface area contributed by atoms with Gasteiger partial charge in [-0.2, -0.15) is 0 Å². The number of fused-ring (bicyclic) bond motifs is 1. The van der Waals surface area contributed by atoms with Crippen LogP contribution in [0.2, 0.25) is 5.15 Å². The van der Waals surface area contributed by atoms with E-state index in [2.05, 4.69) is 4.98 Å². The van der Waals surface area contributed by atoms with Crippen molar-refractivity contribution in [2.45, 2.75) is 57.7 Å². The van der Waals surface area contributed by atoms with Crippen LogP contribution < -0.4 is 4.74 Å². The molecule has 0 bridgehead atoms.